The molecule has 1 aliphatic rings. The lowest BCUT2D eigenvalue weighted by Crippen LogP contribution is -2.44. The van der Waals surface area contributed by atoms with Gasteiger partial charge in [-0.15, -0.1) is 0 Å². The molecule has 1 amide bonds. The smallest absolute Gasteiger partial charge is 0.320 e. The number of esters is 1. The first-order valence-electron chi connectivity index (χ1n) is 10.2. The molecule has 1 unspecified atom stereocenters. The lowest BCUT2D eigenvalue weighted by atomic mass is 9.78. The van der Waals surface area contributed by atoms with Crippen molar-refractivity contribution in [3.05, 3.63) is 63.6 Å². The van der Waals surface area contributed by atoms with Gasteiger partial charge in [0.25, 0.3) is 0 Å². The van der Waals surface area contributed by atoms with Crippen LogP contribution < -0.4 is 5.32 Å². The Morgan fingerprint density at radius 1 is 1.22 bits per heavy atom. The number of anilines is 1. The Bertz CT molecular complexity index is 985. The summed E-state index contributed by atoms with van der Waals surface area (Å²) in [4.78, 5) is 25.9. The number of rotatable bonds is 9. The largest absolute Gasteiger partial charge is 0.465 e. The summed E-state index contributed by atoms with van der Waals surface area (Å²) in [5.41, 5.74) is 1.14. The van der Waals surface area contributed by atoms with Gasteiger partial charge < -0.3 is 10.1 Å². The van der Waals surface area contributed by atoms with E-state index >= 15 is 0 Å². The van der Waals surface area contributed by atoms with Crippen molar-refractivity contribution in [3.8, 4) is 0 Å². The van der Waals surface area contributed by atoms with E-state index in [1.165, 1.54) is 0 Å². The first kappa shape index (κ1) is 24.6. The van der Waals surface area contributed by atoms with Gasteiger partial charge in [-0.3, -0.25) is 14.6 Å². The van der Waals surface area contributed by atoms with Crippen LogP contribution in [-0.4, -0.2) is 54.3 Å². The van der Waals surface area contributed by atoms with Gasteiger partial charge in [-0.05, 0) is 67.3 Å². The Labute approximate surface area is 205 Å². The van der Waals surface area contributed by atoms with Crippen molar-refractivity contribution in [1.29, 1.82) is 0 Å². The molecule has 0 aliphatic carbocycles. The number of hydrogen-bond donors (Lipinski definition) is 1. The van der Waals surface area contributed by atoms with E-state index in [1.807, 2.05) is 42.7 Å². The maximum absolute atomic E-state index is 13.2. The zero-order chi connectivity index (χ0) is 23.1. The first-order valence-corrected chi connectivity index (χ1v) is 12.8. The van der Waals surface area contributed by atoms with Gasteiger partial charge in [0.15, 0.2) is 0 Å². The van der Waals surface area contributed by atoms with Crippen LogP contribution in [0.15, 0.2) is 58.1 Å². The number of ether oxygens (including phenoxy) is 1. The van der Waals surface area contributed by atoms with Crippen molar-refractivity contribution >= 4 is 62.6 Å². The molecule has 1 aliphatic heterocycles. The van der Waals surface area contributed by atoms with Crippen molar-refractivity contribution < 1.29 is 14.3 Å². The number of nitrogens with zero attached hydrogens (tertiary/aromatic N) is 2. The molecule has 1 heterocycles. The molecule has 32 heavy (non-hydrogen) atoms. The minimum atomic E-state index is -0.954. The second kappa shape index (κ2) is 11.2. The summed E-state index contributed by atoms with van der Waals surface area (Å²) >= 11 is 11.1. The molecule has 0 saturated heterocycles. The van der Waals surface area contributed by atoms with Crippen molar-refractivity contribution in [1.82, 2.24) is 5.01 Å². The number of benzene rings is 2. The molecule has 6 nitrogen and oxygen atoms in total. The van der Waals surface area contributed by atoms with Gasteiger partial charge in [-0.25, -0.2) is 0 Å². The summed E-state index contributed by atoms with van der Waals surface area (Å²) in [5.74, 6) is 0.222. The molecule has 0 aromatic heterocycles. The van der Waals surface area contributed by atoms with Gasteiger partial charge in [0.1, 0.15) is 12.0 Å². The Morgan fingerprint density at radius 3 is 2.53 bits per heavy atom. The Kier molecular flexibility index (Phi) is 8.62. The van der Waals surface area contributed by atoms with E-state index < -0.39 is 5.41 Å². The van der Waals surface area contributed by atoms with Crippen LogP contribution in [0.25, 0.3) is 0 Å². The molecule has 0 spiro atoms. The van der Waals surface area contributed by atoms with Crippen LogP contribution in [-0.2, 0) is 14.3 Å². The fourth-order valence-corrected chi connectivity index (χ4v) is 4.54. The number of hydrazone groups is 1. The van der Waals surface area contributed by atoms with Crippen LogP contribution in [0.4, 0.5) is 5.69 Å². The Hall–Kier alpha value is -2.03. The number of amides is 1. The van der Waals surface area contributed by atoms with Crippen molar-refractivity contribution in [3.63, 3.8) is 0 Å². The van der Waals surface area contributed by atoms with E-state index in [4.69, 9.17) is 21.4 Å². The molecule has 0 fully saturated rings. The molecule has 9 heteroatoms. The van der Waals surface area contributed by atoms with Gasteiger partial charge in [-0.1, -0.05) is 39.7 Å². The van der Waals surface area contributed by atoms with Gasteiger partial charge >= 0.3 is 5.97 Å². The predicted octanol–water partition coefficient (Wildman–Crippen LogP) is 5.06. The van der Waals surface area contributed by atoms with Gasteiger partial charge in [0, 0.05) is 15.2 Å². The number of carbonyl (C=O) groups excluding carboxylic acids is 2. The van der Waals surface area contributed by atoms with Crippen LogP contribution in [0.2, 0.25) is 5.02 Å². The van der Waals surface area contributed by atoms with E-state index in [-0.39, 0.29) is 31.6 Å². The van der Waals surface area contributed by atoms with Gasteiger partial charge in [0.05, 0.1) is 18.9 Å². The van der Waals surface area contributed by atoms with E-state index in [2.05, 4.69) is 21.2 Å². The molecule has 0 saturated carbocycles. The maximum atomic E-state index is 13.2. The number of thioether (sulfide) groups is 1. The lowest BCUT2D eigenvalue weighted by Gasteiger charge is -2.28. The summed E-state index contributed by atoms with van der Waals surface area (Å²) in [5, 5.41) is 9.85. The van der Waals surface area contributed by atoms with E-state index in [0.29, 0.717) is 22.8 Å². The van der Waals surface area contributed by atoms with Crippen LogP contribution in [0.1, 0.15) is 18.9 Å². The van der Waals surface area contributed by atoms with Crippen LogP contribution >= 0.6 is 39.3 Å². The standard InChI is InChI=1S/C23H25BrClN3O3S/c1-3-31-22(30)23(12-13-32-2)15-28(27-21(23)16-4-8-18(25)9-5-16)14-20(29)26-19-10-6-17(24)7-11-19/h4-11H,3,12-15H2,1-2H3,(H,26,29). The highest BCUT2D eigenvalue weighted by Crippen LogP contribution is 2.37. The molecule has 2 aromatic carbocycles. The molecular formula is C23H25BrClN3O3S. The summed E-state index contributed by atoms with van der Waals surface area (Å²) < 4.78 is 6.41. The summed E-state index contributed by atoms with van der Waals surface area (Å²) in [6.45, 7) is 2.36. The second-order valence-corrected chi connectivity index (χ2v) is 9.72. The highest BCUT2D eigenvalue weighted by molar-refractivity contribution is 9.10. The highest BCUT2D eigenvalue weighted by atomic mass is 79.9. The molecule has 170 valence electrons. The van der Waals surface area contributed by atoms with Crippen molar-refractivity contribution in [2.45, 2.75) is 13.3 Å². The number of carbonyl (C=O) groups is 2. The third-order valence-electron chi connectivity index (χ3n) is 5.12. The average Bonchev–Trinajstić information content (AvgIpc) is 3.13. The summed E-state index contributed by atoms with van der Waals surface area (Å²) in [7, 11) is 0. The van der Waals surface area contributed by atoms with E-state index in [9.17, 15) is 9.59 Å². The fraction of sp³-hybridized carbons (Fsp3) is 0.348. The maximum Gasteiger partial charge on any atom is 0.320 e. The van der Waals surface area contributed by atoms with Crippen LogP contribution in [0, 0.1) is 5.41 Å². The summed E-state index contributed by atoms with van der Waals surface area (Å²) in [6.07, 6.45) is 2.55. The number of halogens is 2. The molecule has 2 aromatic rings. The quantitative estimate of drug-likeness (QED) is 0.452. The zero-order valence-electron chi connectivity index (χ0n) is 17.9. The van der Waals surface area contributed by atoms with E-state index in [1.54, 1.807) is 35.8 Å². The predicted molar refractivity (Wildman–Crippen MR) is 134 cm³/mol. The minimum absolute atomic E-state index is 0.0214. The van der Waals surface area contributed by atoms with Crippen molar-refractivity contribution in [2.75, 3.05) is 37.0 Å². The Balaban J connectivity index is 1.88. The third kappa shape index (κ3) is 5.85. The van der Waals surface area contributed by atoms with Crippen LogP contribution in [0.3, 0.4) is 0 Å². The first-order chi connectivity index (χ1) is 15.4. The SMILES string of the molecule is CCOC(=O)C1(CCSC)CN(CC(=O)Nc2ccc(Br)cc2)N=C1c1ccc(Cl)cc1. The summed E-state index contributed by atoms with van der Waals surface area (Å²) in [6, 6.07) is 14.6. The van der Waals surface area contributed by atoms with E-state index in [0.717, 1.165) is 15.8 Å². The molecule has 1 N–H and O–H groups in total. The number of hydrogen-bond acceptors (Lipinski definition) is 6. The Morgan fingerprint density at radius 2 is 1.91 bits per heavy atom. The highest BCUT2D eigenvalue weighted by Gasteiger charge is 2.50. The minimum Gasteiger partial charge on any atom is -0.465 e. The average molecular weight is 539 g/mol. The normalized spacial score (nSPS) is 17.8. The second-order valence-electron chi connectivity index (χ2n) is 7.38. The lowest BCUT2D eigenvalue weighted by molar-refractivity contribution is -0.151. The monoisotopic (exact) mass is 537 g/mol. The topological polar surface area (TPSA) is 71.0 Å². The zero-order valence-corrected chi connectivity index (χ0v) is 21.1. The molecule has 0 bridgehead atoms. The molecular weight excluding hydrogens is 514 g/mol. The van der Waals surface area contributed by atoms with Crippen LogP contribution in [0.5, 0.6) is 0 Å². The third-order valence-corrected chi connectivity index (χ3v) is 6.51. The fourth-order valence-electron chi connectivity index (χ4n) is 3.60. The van der Waals surface area contributed by atoms with Gasteiger partial charge in [-0.2, -0.15) is 16.9 Å². The number of nitrogens with one attached hydrogen (secondary N) is 1. The molecule has 0 radical (unpaired) electrons. The van der Waals surface area contributed by atoms with Gasteiger partial charge in [0.2, 0.25) is 5.91 Å². The molecule has 1 atom stereocenters. The van der Waals surface area contributed by atoms with Crippen molar-refractivity contribution in [2.24, 2.45) is 10.5 Å². The molecule has 3 rings (SSSR count).